The summed E-state index contributed by atoms with van der Waals surface area (Å²) in [6.45, 7) is 6.43. The third-order valence-corrected chi connectivity index (χ3v) is 4.51. The molecule has 1 aliphatic rings. The fourth-order valence-electron chi connectivity index (χ4n) is 2.95. The normalized spacial score (nSPS) is 19.4. The van der Waals surface area contributed by atoms with Crippen LogP contribution in [0.4, 0.5) is 0 Å². The van der Waals surface area contributed by atoms with Gasteiger partial charge in [-0.2, -0.15) is 0 Å². The van der Waals surface area contributed by atoms with E-state index in [1.165, 1.54) is 24.9 Å². The molecule has 0 spiro atoms. The molecule has 0 radical (unpaired) electrons. The van der Waals surface area contributed by atoms with Gasteiger partial charge in [-0.25, -0.2) is 0 Å². The van der Waals surface area contributed by atoms with Gasteiger partial charge in [0.25, 0.3) is 0 Å². The maximum absolute atomic E-state index is 5.90. The predicted molar refractivity (Wildman–Crippen MR) is 94.8 cm³/mol. The molecule has 1 aromatic rings. The highest BCUT2D eigenvalue weighted by Crippen LogP contribution is 2.15. The fraction of sp³-hybridized carbons (Fsp3) is 0.588. The number of hydrogen-bond acceptors (Lipinski definition) is 2. The van der Waals surface area contributed by atoms with Crippen molar-refractivity contribution in [1.82, 2.24) is 15.5 Å². The zero-order valence-corrected chi connectivity index (χ0v) is 14.4. The Bertz CT molecular complexity index is 472. The molecule has 4 nitrogen and oxygen atoms in total. The van der Waals surface area contributed by atoms with Crippen LogP contribution in [-0.2, 0) is 6.42 Å². The van der Waals surface area contributed by atoms with E-state index in [2.05, 4.69) is 39.6 Å². The van der Waals surface area contributed by atoms with Gasteiger partial charge in [0.05, 0.1) is 0 Å². The molecule has 2 N–H and O–H groups in total. The Labute approximate surface area is 138 Å². The third-order valence-electron chi connectivity index (χ3n) is 4.25. The molecule has 2 rings (SSSR count). The molecule has 1 saturated heterocycles. The second-order valence-electron chi connectivity index (χ2n) is 5.68. The Morgan fingerprint density at radius 2 is 2.09 bits per heavy atom. The van der Waals surface area contributed by atoms with Crippen LogP contribution in [-0.4, -0.2) is 50.1 Å². The highest BCUT2D eigenvalue weighted by Gasteiger charge is 2.22. The Hall–Kier alpha value is -1.26. The minimum Gasteiger partial charge on any atom is -0.356 e. The van der Waals surface area contributed by atoms with Crippen LogP contribution in [0.2, 0.25) is 5.02 Å². The van der Waals surface area contributed by atoms with Crippen LogP contribution in [0.3, 0.4) is 0 Å². The van der Waals surface area contributed by atoms with E-state index < -0.39 is 0 Å². The van der Waals surface area contributed by atoms with Crippen molar-refractivity contribution in [3.63, 3.8) is 0 Å². The van der Waals surface area contributed by atoms with Gasteiger partial charge in [-0.3, -0.25) is 9.89 Å². The minimum atomic E-state index is 0.639. The van der Waals surface area contributed by atoms with Crippen molar-refractivity contribution in [2.45, 2.75) is 32.2 Å². The fourth-order valence-corrected chi connectivity index (χ4v) is 3.08. The smallest absolute Gasteiger partial charge is 0.191 e. The van der Waals surface area contributed by atoms with Crippen LogP contribution in [0, 0.1) is 0 Å². The number of benzene rings is 1. The van der Waals surface area contributed by atoms with Crippen LogP contribution >= 0.6 is 11.6 Å². The number of likely N-dealkylation sites (tertiary alicyclic amines) is 1. The summed E-state index contributed by atoms with van der Waals surface area (Å²) in [4.78, 5) is 6.84. The maximum atomic E-state index is 5.90. The lowest BCUT2D eigenvalue weighted by molar-refractivity contribution is 0.267. The number of guanidine groups is 1. The lowest BCUT2D eigenvalue weighted by Gasteiger charge is -2.24. The summed E-state index contributed by atoms with van der Waals surface area (Å²) in [6, 6.07) is 8.64. The molecule has 0 aromatic heterocycles. The van der Waals surface area contributed by atoms with Gasteiger partial charge in [-0.05, 0) is 50.0 Å². The summed E-state index contributed by atoms with van der Waals surface area (Å²) >= 11 is 5.90. The molecule has 5 heteroatoms. The molecule has 122 valence electrons. The lowest BCUT2D eigenvalue weighted by Crippen LogP contribution is -2.45. The Morgan fingerprint density at radius 3 is 2.77 bits per heavy atom. The first-order valence-corrected chi connectivity index (χ1v) is 8.53. The van der Waals surface area contributed by atoms with E-state index in [0.717, 1.165) is 37.0 Å². The first-order chi connectivity index (χ1) is 10.7. The topological polar surface area (TPSA) is 39.7 Å². The van der Waals surface area contributed by atoms with Crippen LogP contribution in [0.25, 0.3) is 0 Å². The van der Waals surface area contributed by atoms with Crippen LogP contribution < -0.4 is 10.6 Å². The van der Waals surface area contributed by atoms with E-state index in [0.29, 0.717) is 6.04 Å². The minimum absolute atomic E-state index is 0.639. The zero-order valence-electron chi connectivity index (χ0n) is 13.6. The summed E-state index contributed by atoms with van der Waals surface area (Å²) in [5.41, 5.74) is 1.28. The lowest BCUT2D eigenvalue weighted by atomic mass is 10.1. The van der Waals surface area contributed by atoms with E-state index >= 15 is 0 Å². The molecule has 1 heterocycles. The summed E-state index contributed by atoms with van der Waals surface area (Å²) in [5, 5.41) is 7.61. The average Bonchev–Trinajstić information content (AvgIpc) is 3.00. The first kappa shape index (κ1) is 17.1. The quantitative estimate of drug-likeness (QED) is 0.624. The molecule has 1 aromatic carbocycles. The number of nitrogens with one attached hydrogen (secondary N) is 2. The second kappa shape index (κ2) is 9.01. The van der Waals surface area contributed by atoms with Crippen molar-refractivity contribution in [2.75, 3.05) is 33.2 Å². The summed E-state index contributed by atoms with van der Waals surface area (Å²) in [7, 11) is 1.82. The Balaban J connectivity index is 1.70. The van der Waals surface area contributed by atoms with E-state index in [1.54, 1.807) is 0 Å². The molecule has 1 atom stereocenters. The third kappa shape index (κ3) is 5.18. The number of likely N-dealkylation sites (N-methyl/N-ethyl adjacent to an activating group) is 1. The van der Waals surface area contributed by atoms with Crippen molar-refractivity contribution in [3.05, 3.63) is 34.9 Å². The van der Waals surface area contributed by atoms with Gasteiger partial charge in [0.2, 0.25) is 0 Å². The second-order valence-corrected chi connectivity index (χ2v) is 6.12. The standard InChI is InChI=1S/C17H27ClN4/c1-3-22-12-4-5-16(22)13-21-17(19-2)20-11-10-14-6-8-15(18)9-7-14/h6-9,16H,3-5,10-13H2,1-2H3,(H2,19,20,21). The average molecular weight is 323 g/mol. The van der Waals surface area contributed by atoms with Gasteiger partial charge >= 0.3 is 0 Å². The zero-order chi connectivity index (χ0) is 15.8. The van der Waals surface area contributed by atoms with Crippen molar-refractivity contribution >= 4 is 17.6 Å². The molecule has 1 aliphatic heterocycles. The molecule has 1 unspecified atom stereocenters. The van der Waals surface area contributed by atoms with E-state index in [4.69, 9.17) is 11.6 Å². The van der Waals surface area contributed by atoms with Gasteiger partial charge in [0.1, 0.15) is 0 Å². The summed E-state index contributed by atoms with van der Waals surface area (Å²) in [6.07, 6.45) is 3.55. The molecule has 0 amide bonds. The molecule has 22 heavy (non-hydrogen) atoms. The van der Waals surface area contributed by atoms with Crippen LogP contribution in [0.15, 0.2) is 29.3 Å². The van der Waals surface area contributed by atoms with Gasteiger partial charge in [0, 0.05) is 31.2 Å². The predicted octanol–water partition coefficient (Wildman–Crippen LogP) is 2.53. The first-order valence-electron chi connectivity index (χ1n) is 8.16. The highest BCUT2D eigenvalue weighted by atomic mass is 35.5. The molecule has 1 fully saturated rings. The molecule has 0 bridgehead atoms. The van der Waals surface area contributed by atoms with Crippen LogP contribution in [0.1, 0.15) is 25.3 Å². The molecular weight excluding hydrogens is 296 g/mol. The van der Waals surface area contributed by atoms with Gasteiger partial charge < -0.3 is 10.6 Å². The van der Waals surface area contributed by atoms with Gasteiger partial charge in [-0.15, -0.1) is 0 Å². The van der Waals surface area contributed by atoms with Crippen LogP contribution in [0.5, 0.6) is 0 Å². The maximum Gasteiger partial charge on any atom is 0.191 e. The molecular formula is C17H27ClN4. The number of aliphatic imine (C=N–C) groups is 1. The number of hydrogen-bond donors (Lipinski definition) is 2. The number of halogens is 1. The van der Waals surface area contributed by atoms with E-state index in [9.17, 15) is 0 Å². The van der Waals surface area contributed by atoms with E-state index in [1.807, 2.05) is 19.2 Å². The van der Waals surface area contributed by atoms with Crippen molar-refractivity contribution in [3.8, 4) is 0 Å². The summed E-state index contributed by atoms with van der Waals surface area (Å²) in [5.74, 6) is 0.886. The Morgan fingerprint density at radius 1 is 1.32 bits per heavy atom. The van der Waals surface area contributed by atoms with Crippen molar-refractivity contribution in [1.29, 1.82) is 0 Å². The molecule has 0 aliphatic carbocycles. The number of rotatable bonds is 6. The SMILES string of the molecule is CCN1CCCC1CNC(=NC)NCCc1ccc(Cl)cc1. The largest absolute Gasteiger partial charge is 0.356 e. The summed E-state index contributed by atoms with van der Waals surface area (Å²) < 4.78 is 0. The van der Waals surface area contributed by atoms with Crippen molar-refractivity contribution in [2.24, 2.45) is 4.99 Å². The van der Waals surface area contributed by atoms with E-state index in [-0.39, 0.29) is 0 Å². The monoisotopic (exact) mass is 322 g/mol. The van der Waals surface area contributed by atoms with Gasteiger partial charge in [-0.1, -0.05) is 30.7 Å². The highest BCUT2D eigenvalue weighted by molar-refractivity contribution is 6.30. The van der Waals surface area contributed by atoms with Crippen molar-refractivity contribution < 1.29 is 0 Å². The van der Waals surface area contributed by atoms with Gasteiger partial charge in [0.15, 0.2) is 5.96 Å². The molecule has 0 saturated carbocycles. The Kier molecular flexibility index (Phi) is 7.00. The number of nitrogens with zero attached hydrogens (tertiary/aromatic N) is 2.